The lowest BCUT2D eigenvalue weighted by Crippen LogP contribution is -2.41. The van der Waals surface area contributed by atoms with Gasteiger partial charge in [-0.05, 0) is 18.2 Å². The molecule has 0 radical (unpaired) electrons. The SMILES string of the molecule is O=C(NCCN1CCOCC1)c1ccc(F)c(S)c1. The summed E-state index contributed by atoms with van der Waals surface area (Å²) in [6, 6.07) is 4.14. The number of carbonyl (C=O) groups is 1. The van der Waals surface area contributed by atoms with Gasteiger partial charge < -0.3 is 10.1 Å². The minimum atomic E-state index is -0.423. The van der Waals surface area contributed by atoms with Crippen LogP contribution in [0.4, 0.5) is 4.39 Å². The van der Waals surface area contributed by atoms with Crippen molar-refractivity contribution in [1.29, 1.82) is 0 Å². The van der Waals surface area contributed by atoms with Crippen LogP contribution in [0.3, 0.4) is 0 Å². The third-order valence-electron chi connectivity index (χ3n) is 3.03. The second kappa shape index (κ2) is 6.88. The topological polar surface area (TPSA) is 41.6 Å². The summed E-state index contributed by atoms with van der Waals surface area (Å²) in [6.07, 6.45) is 0. The van der Waals surface area contributed by atoms with Gasteiger partial charge in [0.1, 0.15) is 5.82 Å². The predicted octanol–water partition coefficient (Wildman–Crippen LogP) is 1.18. The number of thiol groups is 1. The van der Waals surface area contributed by atoms with E-state index in [-0.39, 0.29) is 10.8 Å². The minimum Gasteiger partial charge on any atom is -0.379 e. The van der Waals surface area contributed by atoms with Gasteiger partial charge in [0.2, 0.25) is 0 Å². The molecule has 0 aromatic heterocycles. The van der Waals surface area contributed by atoms with E-state index in [2.05, 4.69) is 22.8 Å². The van der Waals surface area contributed by atoms with Crippen molar-refractivity contribution in [2.45, 2.75) is 4.90 Å². The van der Waals surface area contributed by atoms with Crippen LogP contribution >= 0.6 is 12.6 Å². The minimum absolute atomic E-state index is 0.181. The van der Waals surface area contributed by atoms with E-state index in [0.29, 0.717) is 12.1 Å². The Labute approximate surface area is 117 Å². The first-order valence-corrected chi connectivity index (χ1v) is 6.68. The van der Waals surface area contributed by atoms with Gasteiger partial charge in [-0.1, -0.05) is 0 Å². The zero-order chi connectivity index (χ0) is 13.7. The molecule has 1 saturated heterocycles. The van der Waals surface area contributed by atoms with Gasteiger partial charge in [0.05, 0.1) is 13.2 Å². The van der Waals surface area contributed by atoms with Crippen LogP contribution in [0.15, 0.2) is 23.1 Å². The second-order valence-corrected chi connectivity index (χ2v) is 4.86. The first-order chi connectivity index (χ1) is 9.16. The monoisotopic (exact) mass is 284 g/mol. The Balaban J connectivity index is 1.78. The molecule has 1 N–H and O–H groups in total. The zero-order valence-corrected chi connectivity index (χ0v) is 11.5. The second-order valence-electron chi connectivity index (χ2n) is 4.38. The Bertz CT molecular complexity index is 450. The Morgan fingerprint density at radius 1 is 1.42 bits per heavy atom. The number of nitrogens with zero attached hydrogens (tertiary/aromatic N) is 1. The highest BCUT2D eigenvalue weighted by molar-refractivity contribution is 7.80. The number of halogens is 1. The summed E-state index contributed by atoms with van der Waals surface area (Å²) < 4.78 is 18.3. The van der Waals surface area contributed by atoms with E-state index in [4.69, 9.17) is 4.74 Å². The molecule has 19 heavy (non-hydrogen) atoms. The van der Waals surface area contributed by atoms with Crippen LogP contribution in [0, 0.1) is 5.82 Å². The van der Waals surface area contributed by atoms with Gasteiger partial charge in [-0.3, -0.25) is 9.69 Å². The van der Waals surface area contributed by atoms with Crippen molar-refractivity contribution in [2.24, 2.45) is 0 Å². The van der Waals surface area contributed by atoms with E-state index in [1.165, 1.54) is 18.2 Å². The molecule has 1 aromatic rings. The van der Waals surface area contributed by atoms with Gasteiger partial charge in [0.25, 0.3) is 5.91 Å². The Kier molecular flexibility index (Phi) is 5.18. The summed E-state index contributed by atoms with van der Waals surface area (Å²) in [6.45, 7) is 4.65. The molecule has 0 aliphatic carbocycles. The van der Waals surface area contributed by atoms with Crippen molar-refractivity contribution in [3.63, 3.8) is 0 Å². The fourth-order valence-electron chi connectivity index (χ4n) is 1.91. The summed E-state index contributed by atoms with van der Waals surface area (Å²) in [7, 11) is 0. The average molecular weight is 284 g/mol. The van der Waals surface area contributed by atoms with Gasteiger partial charge in [0, 0.05) is 36.6 Å². The lowest BCUT2D eigenvalue weighted by atomic mass is 10.2. The number of hydrogen-bond donors (Lipinski definition) is 2. The maximum Gasteiger partial charge on any atom is 0.251 e. The van der Waals surface area contributed by atoms with Crippen LogP contribution in [0.1, 0.15) is 10.4 Å². The lowest BCUT2D eigenvalue weighted by Gasteiger charge is -2.26. The van der Waals surface area contributed by atoms with E-state index in [1.807, 2.05) is 0 Å². The molecule has 1 heterocycles. The van der Waals surface area contributed by atoms with Gasteiger partial charge in [0.15, 0.2) is 0 Å². The molecule has 1 aromatic carbocycles. The Morgan fingerprint density at radius 2 is 2.16 bits per heavy atom. The third-order valence-corrected chi connectivity index (χ3v) is 3.37. The van der Waals surface area contributed by atoms with E-state index in [9.17, 15) is 9.18 Å². The molecule has 1 aliphatic heterocycles. The van der Waals surface area contributed by atoms with E-state index in [1.54, 1.807) is 0 Å². The fraction of sp³-hybridized carbons (Fsp3) is 0.462. The van der Waals surface area contributed by atoms with E-state index < -0.39 is 5.82 Å². The molecule has 0 atom stereocenters. The molecular weight excluding hydrogens is 267 g/mol. The normalized spacial score (nSPS) is 16.3. The molecule has 1 aliphatic rings. The van der Waals surface area contributed by atoms with Crippen LogP contribution in [-0.4, -0.2) is 50.2 Å². The van der Waals surface area contributed by atoms with Crippen molar-refractivity contribution in [3.05, 3.63) is 29.6 Å². The van der Waals surface area contributed by atoms with Crippen LogP contribution < -0.4 is 5.32 Å². The number of nitrogens with one attached hydrogen (secondary N) is 1. The number of benzene rings is 1. The van der Waals surface area contributed by atoms with Crippen molar-refractivity contribution in [1.82, 2.24) is 10.2 Å². The Hall–Kier alpha value is -1.11. The largest absolute Gasteiger partial charge is 0.379 e. The molecule has 1 fully saturated rings. The fourth-order valence-corrected chi connectivity index (χ4v) is 2.12. The van der Waals surface area contributed by atoms with Crippen molar-refractivity contribution < 1.29 is 13.9 Å². The molecule has 104 valence electrons. The highest BCUT2D eigenvalue weighted by Crippen LogP contribution is 2.13. The number of amides is 1. The van der Waals surface area contributed by atoms with E-state index >= 15 is 0 Å². The predicted molar refractivity (Wildman–Crippen MR) is 73.2 cm³/mol. The lowest BCUT2D eigenvalue weighted by molar-refractivity contribution is 0.0383. The summed E-state index contributed by atoms with van der Waals surface area (Å²) in [5, 5.41) is 2.82. The molecule has 0 bridgehead atoms. The summed E-state index contributed by atoms with van der Waals surface area (Å²) in [5.74, 6) is -0.628. The number of ether oxygens (including phenoxy) is 1. The van der Waals surface area contributed by atoms with Crippen molar-refractivity contribution in [3.8, 4) is 0 Å². The average Bonchev–Trinajstić information content (AvgIpc) is 2.43. The van der Waals surface area contributed by atoms with Gasteiger partial charge in [-0.15, -0.1) is 12.6 Å². The van der Waals surface area contributed by atoms with Crippen LogP contribution in [0.5, 0.6) is 0 Å². The van der Waals surface area contributed by atoms with Gasteiger partial charge >= 0.3 is 0 Å². The molecule has 0 spiro atoms. The highest BCUT2D eigenvalue weighted by Gasteiger charge is 2.11. The summed E-state index contributed by atoms with van der Waals surface area (Å²) in [5.41, 5.74) is 0.424. The van der Waals surface area contributed by atoms with Crippen molar-refractivity contribution in [2.75, 3.05) is 39.4 Å². The molecule has 6 heteroatoms. The summed E-state index contributed by atoms with van der Waals surface area (Å²) in [4.78, 5) is 14.3. The van der Waals surface area contributed by atoms with Gasteiger partial charge in [-0.2, -0.15) is 0 Å². The third kappa shape index (κ3) is 4.19. The maximum absolute atomic E-state index is 13.0. The summed E-state index contributed by atoms with van der Waals surface area (Å²) >= 11 is 3.96. The standard InChI is InChI=1S/C13H17FN2O2S/c14-11-2-1-10(9-12(11)19)13(17)15-3-4-16-5-7-18-8-6-16/h1-2,9,19H,3-8H2,(H,15,17). The number of carbonyl (C=O) groups excluding carboxylic acids is 1. The molecular formula is C13H17FN2O2S. The first-order valence-electron chi connectivity index (χ1n) is 6.23. The molecule has 0 unspecified atom stereocenters. The molecule has 2 rings (SSSR count). The number of rotatable bonds is 4. The maximum atomic E-state index is 13.0. The first kappa shape index (κ1) is 14.3. The Morgan fingerprint density at radius 3 is 2.84 bits per heavy atom. The quantitative estimate of drug-likeness (QED) is 0.816. The number of hydrogen-bond acceptors (Lipinski definition) is 4. The highest BCUT2D eigenvalue weighted by atomic mass is 32.1. The van der Waals surface area contributed by atoms with Crippen LogP contribution in [-0.2, 0) is 4.74 Å². The van der Waals surface area contributed by atoms with Gasteiger partial charge in [-0.25, -0.2) is 4.39 Å². The molecule has 4 nitrogen and oxygen atoms in total. The zero-order valence-electron chi connectivity index (χ0n) is 10.6. The van der Waals surface area contributed by atoms with Crippen LogP contribution in [0.25, 0.3) is 0 Å². The van der Waals surface area contributed by atoms with E-state index in [0.717, 1.165) is 32.8 Å². The number of morpholine rings is 1. The smallest absolute Gasteiger partial charge is 0.251 e. The molecule has 0 saturated carbocycles. The molecule has 1 amide bonds. The van der Waals surface area contributed by atoms with Crippen molar-refractivity contribution >= 4 is 18.5 Å². The van der Waals surface area contributed by atoms with Crippen LogP contribution in [0.2, 0.25) is 0 Å².